The van der Waals surface area contributed by atoms with Gasteiger partial charge in [-0.25, -0.2) is 0 Å². The lowest BCUT2D eigenvalue weighted by atomic mass is 9.95. The Morgan fingerprint density at radius 2 is 1.86 bits per heavy atom. The van der Waals surface area contributed by atoms with Crippen LogP contribution in [0.2, 0.25) is 0 Å². The molecule has 2 aromatic carbocycles. The summed E-state index contributed by atoms with van der Waals surface area (Å²) < 4.78 is 0. The van der Waals surface area contributed by atoms with Crippen molar-refractivity contribution >= 4 is 17.5 Å². The van der Waals surface area contributed by atoms with E-state index in [1.807, 2.05) is 61.5 Å². The minimum Gasteiger partial charge on any atom is -0.369 e. The Bertz CT molecular complexity index is 789. The van der Waals surface area contributed by atoms with Gasteiger partial charge in [0.1, 0.15) is 0 Å². The predicted molar refractivity (Wildman–Crippen MR) is 112 cm³/mol. The average molecular weight is 380 g/mol. The lowest BCUT2D eigenvalue weighted by Gasteiger charge is -2.31. The van der Waals surface area contributed by atoms with E-state index in [9.17, 15) is 9.59 Å². The first-order valence-corrected chi connectivity index (χ1v) is 10.0. The molecule has 3 N–H and O–H groups in total. The molecule has 0 saturated carbocycles. The molecule has 5 nitrogen and oxygen atoms in total. The summed E-state index contributed by atoms with van der Waals surface area (Å²) in [6, 6.07) is 17.8. The second-order valence-corrected chi connectivity index (χ2v) is 7.53. The van der Waals surface area contributed by atoms with Crippen LogP contribution in [-0.2, 0) is 16.1 Å². The molecule has 5 heteroatoms. The molecule has 0 aromatic heterocycles. The summed E-state index contributed by atoms with van der Waals surface area (Å²) in [5.41, 5.74) is 8.46. The number of anilines is 1. The molecule has 3 rings (SSSR count). The number of benzene rings is 2. The fourth-order valence-corrected chi connectivity index (χ4v) is 3.87. The Kier molecular flexibility index (Phi) is 6.82. The molecular weight excluding hydrogens is 350 g/mol. The molecule has 1 aliphatic heterocycles. The van der Waals surface area contributed by atoms with Gasteiger partial charge in [-0.05, 0) is 49.1 Å². The Balaban J connectivity index is 1.58. The van der Waals surface area contributed by atoms with E-state index in [2.05, 4.69) is 10.2 Å². The Hall–Kier alpha value is -2.66. The lowest BCUT2D eigenvalue weighted by Crippen LogP contribution is -2.40. The lowest BCUT2D eigenvalue weighted by molar-refractivity contribution is -0.123. The van der Waals surface area contributed by atoms with Crippen LogP contribution in [0.3, 0.4) is 0 Å². The molecule has 2 unspecified atom stereocenters. The van der Waals surface area contributed by atoms with Crippen molar-refractivity contribution in [3.05, 3.63) is 65.7 Å². The average Bonchev–Trinajstić information content (AvgIpc) is 2.71. The largest absolute Gasteiger partial charge is 0.369 e. The van der Waals surface area contributed by atoms with E-state index in [1.165, 1.54) is 5.56 Å². The van der Waals surface area contributed by atoms with E-state index >= 15 is 0 Å². The first-order valence-electron chi connectivity index (χ1n) is 10.0. The number of rotatable bonds is 7. The summed E-state index contributed by atoms with van der Waals surface area (Å²) in [5.74, 6) is -0.385. The first-order chi connectivity index (χ1) is 13.6. The van der Waals surface area contributed by atoms with E-state index in [1.54, 1.807) is 0 Å². The number of amides is 2. The Labute approximate surface area is 166 Å². The van der Waals surface area contributed by atoms with Crippen molar-refractivity contribution in [2.24, 2.45) is 11.7 Å². The number of carbonyl (C=O) groups excluding carboxylic acids is 2. The molecule has 1 fully saturated rings. The molecule has 0 bridgehead atoms. The van der Waals surface area contributed by atoms with Crippen LogP contribution >= 0.6 is 0 Å². The van der Waals surface area contributed by atoms with Gasteiger partial charge in [-0.2, -0.15) is 0 Å². The van der Waals surface area contributed by atoms with Gasteiger partial charge in [0.05, 0.1) is 11.8 Å². The maximum absolute atomic E-state index is 12.7. The minimum atomic E-state index is -0.202. The summed E-state index contributed by atoms with van der Waals surface area (Å²) >= 11 is 0. The summed E-state index contributed by atoms with van der Waals surface area (Å²) in [5, 5.41) is 3.03. The zero-order chi connectivity index (χ0) is 19.9. The molecular formula is C23H29N3O2. The van der Waals surface area contributed by atoms with Crippen LogP contribution in [0.4, 0.5) is 5.69 Å². The fraction of sp³-hybridized carbons (Fsp3) is 0.391. The van der Waals surface area contributed by atoms with Gasteiger partial charge in [0.15, 0.2) is 0 Å². The Morgan fingerprint density at radius 1 is 1.14 bits per heavy atom. The summed E-state index contributed by atoms with van der Waals surface area (Å²) in [4.78, 5) is 26.4. The maximum atomic E-state index is 12.7. The van der Waals surface area contributed by atoms with Crippen LogP contribution in [0.1, 0.15) is 43.2 Å². The standard InChI is InChI=1S/C23H29N3O2/c1-2-21(18-7-4-3-5-8-18)23(28)25-20-12-10-17(11-13-20)15-26-14-6-9-19(16-26)22(24)27/h3-5,7-8,10-13,19,21H,2,6,9,14-16H2,1H3,(H2,24,27)(H,25,28). The Morgan fingerprint density at radius 3 is 2.50 bits per heavy atom. The summed E-state index contributed by atoms with van der Waals surface area (Å²) in [6.07, 6.45) is 2.64. The van der Waals surface area contributed by atoms with Crippen LogP contribution < -0.4 is 11.1 Å². The quantitative estimate of drug-likeness (QED) is 0.773. The molecule has 0 radical (unpaired) electrons. The van der Waals surface area contributed by atoms with Gasteiger partial charge in [0, 0.05) is 18.8 Å². The molecule has 1 aliphatic rings. The molecule has 1 heterocycles. The second kappa shape index (κ2) is 9.51. The van der Waals surface area contributed by atoms with Gasteiger partial charge < -0.3 is 11.1 Å². The van der Waals surface area contributed by atoms with E-state index in [4.69, 9.17) is 5.73 Å². The number of nitrogens with two attached hydrogens (primary N) is 1. The molecule has 2 atom stereocenters. The molecule has 148 valence electrons. The van der Waals surface area contributed by atoms with Gasteiger partial charge in [0.2, 0.25) is 11.8 Å². The number of nitrogens with zero attached hydrogens (tertiary/aromatic N) is 1. The second-order valence-electron chi connectivity index (χ2n) is 7.53. The van der Waals surface area contributed by atoms with Gasteiger partial charge in [-0.15, -0.1) is 0 Å². The van der Waals surface area contributed by atoms with E-state index in [0.29, 0.717) is 0 Å². The van der Waals surface area contributed by atoms with Gasteiger partial charge in [-0.3, -0.25) is 14.5 Å². The third kappa shape index (κ3) is 5.20. The highest BCUT2D eigenvalue weighted by molar-refractivity contribution is 5.95. The normalized spacial score (nSPS) is 18.4. The monoisotopic (exact) mass is 379 g/mol. The molecule has 2 aromatic rings. The molecule has 0 spiro atoms. The van der Waals surface area contributed by atoms with Crippen LogP contribution in [0.25, 0.3) is 0 Å². The molecule has 1 saturated heterocycles. The van der Waals surface area contributed by atoms with Gasteiger partial charge in [-0.1, -0.05) is 49.4 Å². The van der Waals surface area contributed by atoms with E-state index in [-0.39, 0.29) is 23.7 Å². The number of primary amides is 1. The number of piperidine rings is 1. The molecule has 2 amide bonds. The third-order valence-corrected chi connectivity index (χ3v) is 5.46. The van der Waals surface area contributed by atoms with Crippen molar-refractivity contribution in [2.75, 3.05) is 18.4 Å². The number of carbonyl (C=O) groups is 2. The summed E-state index contributed by atoms with van der Waals surface area (Å²) in [6.45, 7) is 4.53. The van der Waals surface area contributed by atoms with Gasteiger partial charge >= 0.3 is 0 Å². The highest BCUT2D eigenvalue weighted by Crippen LogP contribution is 2.23. The van der Waals surface area contributed by atoms with Crippen molar-refractivity contribution in [2.45, 2.75) is 38.6 Å². The van der Waals surface area contributed by atoms with Crippen molar-refractivity contribution in [1.82, 2.24) is 4.90 Å². The molecule has 0 aliphatic carbocycles. The van der Waals surface area contributed by atoms with Crippen LogP contribution in [0, 0.1) is 5.92 Å². The smallest absolute Gasteiger partial charge is 0.231 e. The van der Waals surface area contributed by atoms with Crippen molar-refractivity contribution in [3.8, 4) is 0 Å². The minimum absolute atomic E-state index is 0.0155. The highest BCUT2D eigenvalue weighted by Gasteiger charge is 2.24. The number of hydrogen-bond donors (Lipinski definition) is 2. The highest BCUT2D eigenvalue weighted by atomic mass is 16.2. The van der Waals surface area contributed by atoms with Crippen molar-refractivity contribution < 1.29 is 9.59 Å². The van der Waals surface area contributed by atoms with E-state index < -0.39 is 0 Å². The van der Waals surface area contributed by atoms with E-state index in [0.717, 1.165) is 50.1 Å². The fourth-order valence-electron chi connectivity index (χ4n) is 3.87. The van der Waals surface area contributed by atoms with Crippen molar-refractivity contribution in [1.29, 1.82) is 0 Å². The SMILES string of the molecule is CCC(C(=O)Nc1ccc(CN2CCCC(C(N)=O)C2)cc1)c1ccccc1. The van der Waals surface area contributed by atoms with Crippen LogP contribution in [-0.4, -0.2) is 29.8 Å². The number of nitrogens with one attached hydrogen (secondary N) is 1. The topological polar surface area (TPSA) is 75.4 Å². The van der Waals surface area contributed by atoms with Crippen LogP contribution in [0.15, 0.2) is 54.6 Å². The maximum Gasteiger partial charge on any atom is 0.231 e. The number of likely N-dealkylation sites (tertiary alicyclic amines) is 1. The van der Waals surface area contributed by atoms with Crippen LogP contribution in [0.5, 0.6) is 0 Å². The third-order valence-electron chi connectivity index (χ3n) is 5.46. The van der Waals surface area contributed by atoms with Gasteiger partial charge in [0.25, 0.3) is 0 Å². The molecule has 28 heavy (non-hydrogen) atoms. The first kappa shape index (κ1) is 20.1. The predicted octanol–water partition coefficient (Wildman–Crippen LogP) is 3.52. The van der Waals surface area contributed by atoms with Crippen molar-refractivity contribution in [3.63, 3.8) is 0 Å². The summed E-state index contributed by atoms with van der Waals surface area (Å²) in [7, 11) is 0. The zero-order valence-corrected chi connectivity index (χ0v) is 16.4. The number of hydrogen-bond acceptors (Lipinski definition) is 3. The zero-order valence-electron chi connectivity index (χ0n) is 16.4.